The molecule has 0 saturated heterocycles. The molecule has 0 aliphatic rings. The molecule has 1 amide bonds. The number of nitrogens with one attached hydrogen (secondary N) is 1. The highest BCUT2D eigenvalue weighted by Gasteiger charge is 2.22. The predicted octanol–water partition coefficient (Wildman–Crippen LogP) is 3.51. The summed E-state index contributed by atoms with van der Waals surface area (Å²) in [5, 5.41) is 13.4. The molecule has 6 heteroatoms. The molecule has 0 atom stereocenters. The Labute approximate surface area is 143 Å². The molecule has 5 nitrogen and oxygen atoms in total. The van der Waals surface area contributed by atoms with Gasteiger partial charge in [-0.05, 0) is 36.8 Å². The van der Waals surface area contributed by atoms with Gasteiger partial charge in [0.1, 0.15) is 17.1 Å². The number of aryl methyl sites for hydroxylation is 1. The lowest BCUT2D eigenvalue weighted by atomic mass is 10.1. The normalized spacial score (nSPS) is 10.8. The van der Waals surface area contributed by atoms with E-state index in [2.05, 4.69) is 5.32 Å². The Morgan fingerprint density at radius 1 is 1.20 bits per heavy atom. The van der Waals surface area contributed by atoms with E-state index < -0.39 is 17.3 Å². The third kappa shape index (κ3) is 3.10. The van der Waals surface area contributed by atoms with Gasteiger partial charge < -0.3 is 15.0 Å². The molecule has 0 fully saturated rings. The fraction of sp³-hybridized carbons (Fsp3) is 0.158. The van der Waals surface area contributed by atoms with Crippen molar-refractivity contribution < 1.29 is 14.3 Å². The third-order valence-electron chi connectivity index (χ3n) is 3.90. The van der Waals surface area contributed by atoms with Crippen LogP contribution in [-0.2, 0) is 6.54 Å². The van der Waals surface area contributed by atoms with E-state index >= 15 is 0 Å². The highest BCUT2D eigenvalue weighted by molar-refractivity contribution is 6.09. The molecule has 25 heavy (non-hydrogen) atoms. The van der Waals surface area contributed by atoms with E-state index in [-0.39, 0.29) is 17.0 Å². The van der Waals surface area contributed by atoms with Crippen LogP contribution < -0.4 is 10.9 Å². The second kappa shape index (κ2) is 6.76. The fourth-order valence-corrected chi connectivity index (χ4v) is 2.80. The van der Waals surface area contributed by atoms with Crippen LogP contribution in [0.2, 0.25) is 0 Å². The summed E-state index contributed by atoms with van der Waals surface area (Å²) in [6, 6.07) is 12.2. The first kappa shape index (κ1) is 16.7. The van der Waals surface area contributed by atoms with Crippen molar-refractivity contribution in [3.8, 4) is 5.75 Å². The van der Waals surface area contributed by atoms with Crippen LogP contribution in [0.15, 0.2) is 53.3 Å². The maximum Gasteiger partial charge on any atom is 0.267 e. The molecular weight excluding hydrogens is 323 g/mol. The van der Waals surface area contributed by atoms with Gasteiger partial charge in [0, 0.05) is 17.6 Å². The molecule has 0 aliphatic heterocycles. The molecule has 3 aromatic rings. The molecular formula is C19H17FN2O3. The van der Waals surface area contributed by atoms with Gasteiger partial charge in [0.25, 0.3) is 11.5 Å². The van der Waals surface area contributed by atoms with Crippen LogP contribution in [0.3, 0.4) is 0 Å². The average molecular weight is 340 g/mol. The molecule has 2 N–H and O–H groups in total. The lowest BCUT2D eigenvalue weighted by Crippen LogP contribution is -2.29. The lowest BCUT2D eigenvalue weighted by molar-refractivity contribution is 0.102. The standard InChI is InChI=1S/C19H17FN2O3/c1-2-10-22-15-9-4-3-8-14(15)17(23)16(19(22)25)18(24)21-13-7-5-6-12(20)11-13/h3-9,11,23H,2,10H2,1H3,(H,21,24). The second-order valence-corrected chi connectivity index (χ2v) is 5.66. The van der Waals surface area contributed by atoms with Crippen molar-refractivity contribution in [1.29, 1.82) is 0 Å². The van der Waals surface area contributed by atoms with Crippen molar-refractivity contribution in [2.45, 2.75) is 19.9 Å². The average Bonchev–Trinajstić information content (AvgIpc) is 2.59. The summed E-state index contributed by atoms with van der Waals surface area (Å²) in [6.45, 7) is 2.33. The molecule has 2 aromatic carbocycles. The van der Waals surface area contributed by atoms with Gasteiger partial charge in [-0.1, -0.05) is 25.1 Å². The molecule has 0 unspecified atom stereocenters. The molecule has 0 saturated carbocycles. The summed E-state index contributed by atoms with van der Waals surface area (Å²) in [5.41, 5.74) is -0.156. The Morgan fingerprint density at radius 3 is 2.68 bits per heavy atom. The van der Waals surface area contributed by atoms with Crippen molar-refractivity contribution in [2.75, 3.05) is 5.32 Å². The van der Waals surface area contributed by atoms with E-state index in [1.807, 2.05) is 6.92 Å². The number of amides is 1. The number of aromatic nitrogens is 1. The Balaban J connectivity index is 2.15. The minimum absolute atomic E-state index is 0.207. The number of anilines is 1. The van der Waals surface area contributed by atoms with Gasteiger partial charge in [0.2, 0.25) is 0 Å². The minimum Gasteiger partial charge on any atom is -0.506 e. The number of hydrogen-bond acceptors (Lipinski definition) is 3. The lowest BCUT2D eigenvalue weighted by Gasteiger charge is -2.14. The van der Waals surface area contributed by atoms with E-state index in [0.29, 0.717) is 23.9 Å². The van der Waals surface area contributed by atoms with Gasteiger partial charge in [-0.25, -0.2) is 4.39 Å². The van der Waals surface area contributed by atoms with Crippen LogP contribution in [-0.4, -0.2) is 15.6 Å². The van der Waals surface area contributed by atoms with Crippen molar-refractivity contribution >= 4 is 22.5 Å². The number of pyridine rings is 1. The Hall–Kier alpha value is -3.15. The largest absolute Gasteiger partial charge is 0.506 e. The summed E-state index contributed by atoms with van der Waals surface area (Å²) in [4.78, 5) is 25.3. The van der Waals surface area contributed by atoms with Gasteiger partial charge in [-0.3, -0.25) is 9.59 Å². The second-order valence-electron chi connectivity index (χ2n) is 5.66. The molecule has 3 rings (SSSR count). The molecule has 128 valence electrons. The van der Waals surface area contributed by atoms with Crippen LogP contribution >= 0.6 is 0 Å². The van der Waals surface area contributed by atoms with E-state index in [1.165, 1.54) is 22.8 Å². The van der Waals surface area contributed by atoms with E-state index in [0.717, 1.165) is 6.07 Å². The van der Waals surface area contributed by atoms with E-state index in [9.17, 15) is 19.1 Å². The number of benzene rings is 2. The predicted molar refractivity (Wildman–Crippen MR) is 94.5 cm³/mol. The van der Waals surface area contributed by atoms with Crippen molar-refractivity contribution in [1.82, 2.24) is 4.57 Å². The number of nitrogens with zero attached hydrogens (tertiary/aromatic N) is 1. The zero-order chi connectivity index (χ0) is 18.0. The Bertz CT molecular complexity index is 1010. The van der Waals surface area contributed by atoms with E-state index in [1.54, 1.807) is 24.3 Å². The number of fused-ring (bicyclic) bond motifs is 1. The third-order valence-corrected chi connectivity index (χ3v) is 3.90. The quantitative estimate of drug-likeness (QED) is 0.763. The highest BCUT2D eigenvalue weighted by Crippen LogP contribution is 2.27. The smallest absolute Gasteiger partial charge is 0.267 e. The SMILES string of the molecule is CCCn1c(=O)c(C(=O)Nc2cccc(F)c2)c(O)c2ccccc21. The maximum absolute atomic E-state index is 13.3. The highest BCUT2D eigenvalue weighted by atomic mass is 19.1. The fourth-order valence-electron chi connectivity index (χ4n) is 2.80. The van der Waals surface area contributed by atoms with Crippen LogP contribution in [0.4, 0.5) is 10.1 Å². The first-order chi connectivity index (χ1) is 12.0. The van der Waals surface area contributed by atoms with Crippen LogP contribution in [0.25, 0.3) is 10.9 Å². The van der Waals surface area contributed by atoms with Gasteiger partial charge in [-0.2, -0.15) is 0 Å². The number of carbonyl (C=O) groups excluding carboxylic acids is 1. The molecule has 1 heterocycles. The molecule has 0 bridgehead atoms. The molecule has 0 aliphatic carbocycles. The molecule has 1 aromatic heterocycles. The number of aromatic hydroxyl groups is 1. The minimum atomic E-state index is -0.774. The molecule has 0 radical (unpaired) electrons. The number of hydrogen-bond donors (Lipinski definition) is 2. The first-order valence-corrected chi connectivity index (χ1v) is 7.94. The Kier molecular flexibility index (Phi) is 4.52. The summed E-state index contributed by atoms with van der Waals surface area (Å²) < 4.78 is 14.8. The number of para-hydroxylation sites is 1. The van der Waals surface area contributed by atoms with Crippen LogP contribution in [0, 0.1) is 5.82 Å². The Morgan fingerprint density at radius 2 is 1.96 bits per heavy atom. The number of carbonyl (C=O) groups is 1. The van der Waals surface area contributed by atoms with Gasteiger partial charge in [0.15, 0.2) is 0 Å². The van der Waals surface area contributed by atoms with Gasteiger partial charge >= 0.3 is 0 Å². The van der Waals surface area contributed by atoms with Gasteiger partial charge in [-0.15, -0.1) is 0 Å². The maximum atomic E-state index is 13.3. The summed E-state index contributed by atoms with van der Waals surface area (Å²) >= 11 is 0. The zero-order valence-corrected chi connectivity index (χ0v) is 13.6. The van der Waals surface area contributed by atoms with E-state index in [4.69, 9.17) is 0 Å². The van der Waals surface area contributed by atoms with Crippen LogP contribution in [0.1, 0.15) is 23.7 Å². The topological polar surface area (TPSA) is 71.3 Å². The van der Waals surface area contributed by atoms with Gasteiger partial charge in [0.05, 0.1) is 5.52 Å². The monoisotopic (exact) mass is 340 g/mol. The number of halogens is 1. The zero-order valence-electron chi connectivity index (χ0n) is 13.6. The van der Waals surface area contributed by atoms with Crippen molar-refractivity contribution in [2.24, 2.45) is 0 Å². The summed E-state index contributed by atoms with van der Waals surface area (Å²) in [5.74, 6) is -1.66. The summed E-state index contributed by atoms with van der Waals surface area (Å²) in [7, 11) is 0. The molecule has 0 spiro atoms. The van der Waals surface area contributed by atoms with Crippen molar-refractivity contribution in [3.05, 3.63) is 70.3 Å². The van der Waals surface area contributed by atoms with Crippen molar-refractivity contribution in [3.63, 3.8) is 0 Å². The van der Waals surface area contributed by atoms with Crippen LogP contribution in [0.5, 0.6) is 5.75 Å². The number of rotatable bonds is 4. The summed E-state index contributed by atoms with van der Waals surface area (Å²) in [6.07, 6.45) is 0.694. The first-order valence-electron chi connectivity index (χ1n) is 7.94.